The second-order valence-corrected chi connectivity index (χ2v) is 4.43. The van der Waals surface area contributed by atoms with Crippen LogP contribution in [0.5, 0.6) is 0 Å². The maximum atomic E-state index is 11.2. The molecule has 1 aromatic rings. The third-order valence-corrected chi connectivity index (χ3v) is 2.75. The molecular formula is C13H20N2O. The van der Waals surface area contributed by atoms with E-state index in [9.17, 15) is 4.79 Å². The van der Waals surface area contributed by atoms with Gasteiger partial charge in [0.2, 0.25) is 5.91 Å². The van der Waals surface area contributed by atoms with Crippen LogP contribution in [0.4, 0.5) is 0 Å². The average Bonchev–Trinajstić information content (AvgIpc) is 2.20. The number of primary amides is 1. The van der Waals surface area contributed by atoms with Crippen molar-refractivity contribution in [3.8, 4) is 0 Å². The first-order valence-electron chi connectivity index (χ1n) is 5.59. The van der Waals surface area contributed by atoms with Gasteiger partial charge < -0.3 is 11.1 Å². The van der Waals surface area contributed by atoms with Crippen LogP contribution in [0.15, 0.2) is 24.3 Å². The lowest BCUT2D eigenvalue weighted by Gasteiger charge is -2.19. The minimum Gasteiger partial charge on any atom is -0.368 e. The Morgan fingerprint density at radius 1 is 1.38 bits per heavy atom. The Balaban J connectivity index is 2.63. The number of benzene rings is 1. The highest BCUT2D eigenvalue weighted by Gasteiger charge is 2.18. The molecule has 0 heterocycles. The van der Waals surface area contributed by atoms with Crippen molar-refractivity contribution in [2.24, 2.45) is 11.7 Å². The van der Waals surface area contributed by atoms with Gasteiger partial charge in [-0.05, 0) is 24.0 Å². The lowest BCUT2D eigenvalue weighted by molar-refractivity contribution is -0.121. The lowest BCUT2D eigenvalue weighted by Crippen LogP contribution is -2.44. The Morgan fingerprint density at radius 3 is 2.50 bits per heavy atom. The van der Waals surface area contributed by atoms with Gasteiger partial charge in [0.15, 0.2) is 0 Å². The maximum absolute atomic E-state index is 11.2. The largest absolute Gasteiger partial charge is 0.368 e. The normalized spacial score (nSPS) is 12.8. The summed E-state index contributed by atoms with van der Waals surface area (Å²) in [5, 5.41) is 3.20. The highest BCUT2D eigenvalue weighted by atomic mass is 16.1. The van der Waals surface area contributed by atoms with Crippen LogP contribution in [-0.2, 0) is 11.3 Å². The number of aryl methyl sites for hydroxylation is 1. The van der Waals surface area contributed by atoms with Crippen molar-refractivity contribution in [2.45, 2.75) is 33.4 Å². The molecule has 0 aliphatic rings. The van der Waals surface area contributed by atoms with Gasteiger partial charge in [-0.2, -0.15) is 0 Å². The number of nitrogens with one attached hydrogen (secondary N) is 1. The maximum Gasteiger partial charge on any atom is 0.234 e. The summed E-state index contributed by atoms with van der Waals surface area (Å²) in [6.07, 6.45) is 0. The second kappa shape index (κ2) is 5.66. The molecule has 16 heavy (non-hydrogen) atoms. The number of rotatable bonds is 5. The van der Waals surface area contributed by atoms with Crippen LogP contribution < -0.4 is 11.1 Å². The second-order valence-electron chi connectivity index (χ2n) is 4.43. The molecule has 0 fully saturated rings. The van der Waals surface area contributed by atoms with Crippen molar-refractivity contribution < 1.29 is 4.79 Å². The Bertz CT molecular complexity index is 361. The zero-order chi connectivity index (χ0) is 12.1. The first-order valence-corrected chi connectivity index (χ1v) is 5.59. The highest BCUT2D eigenvalue weighted by molar-refractivity contribution is 5.80. The summed E-state index contributed by atoms with van der Waals surface area (Å²) >= 11 is 0. The molecule has 0 saturated carbocycles. The van der Waals surface area contributed by atoms with Gasteiger partial charge in [0.25, 0.3) is 0 Å². The predicted molar refractivity (Wildman–Crippen MR) is 65.8 cm³/mol. The molecule has 0 spiro atoms. The summed E-state index contributed by atoms with van der Waals surface area (Å²) in [6, 6.07) is 7.86. The first kappa shape index (κ1) is 12.7. The summed E-state index contributed by atoms with van der Waals surface area (Å²) < 4.78 is 0. The van der Waals surface area contributed by atoms with Crippen molar-refractivity contribution in [1.29, 1.82) is 0 Å². The summed E-state index contributed by atoms with van der Waals surface area (Å²) in [4.78, 5) is 11.2. The van der Waals surface area contributed by atoms with Gasteiger partial charge in [0.1, 0.15) is 0 Å². The molecule has 3 N–H and O–H groups in total. The lowest BCUT2D eigenvalue weighted by atomic mass is 10.0. The van der Waals surface area contributed by atoms with E-state index in [1.807, 2.05) is 26.0 Å². The molecule has 1 unspecified atom stereocenters. The van der Waals surface area contributed by atoms with Crippen molar-refractivity contribution in [3.63, 3.8) is 0 Å². The van der Waals surface area contributed by atoms with E-state index in [4.69, 9.17) is 5.73 Å². The summed E-state index contributed by atoms with van der Waals surface area (Å²) in [7, 11) is 0. The van der Waals surface area contributed by atoms with Crippen molar-refractivity contribution in [2.75, 3.05) is 0 Å². The number of carbonyl (C=O) groups is 1. The minimum absolute atomic E-state index is 0.210. The van der Waals surface area contributed by atoms with Gasteiger partial charge in [0.05, 0.1) is 6.04 Å². The van der Waals surface area contributed by atoms with Crippen LogP contribution in [0.3, 0.4) is 0 Å². The summed E-state index contributed by atoms with van der Waals surface area (Å²) in [5.74, 6) is -0.0786. The van der Waals surface area contributed by atoms with Crippen molar-refractivity contribution >= 4 is 5.91 Å². The molecule has 1 aromatic carbocycles. The quantitative estimate of drug-likeness (QED) is 0.791. The molecule has 3 nitrogen and oxygen atoms in total. The van der Waals surface area contributed by atoms with Crippen LogP contribution in [0.1, 0.15) is 25.0 Å². The molecular weight excluding hydrogens is 200 g/mol. The zero-order valence-electron chi connectivity index (χ0n) is 10.2. The van der Waals surface area contributed by atoms with Crippen molar-refractivity contribution in [3.05, 3.63) is 35.4 Å². The van der Waals surface area contributed by atoms with Gasteiger partial charge in [0, 0.05) is 6.54 Å². The fraction of sp³-hybridized carbons (Fsp3) is 0.462. The number of hydrogen-bond acceptors (Lipinski definition) is 2. The number of hydrogen-bond donors (Lipinski definition) is 2. The SMILES string of the molecule is Cc1ccccc1CNC(C(N)=O)C(C)C. The predicted octanol–water partition coefficient (Wildman–Crippen LogP) is 1.59. The molecule has 0 aliphatic carbocycles. The van der Waals surface area contributed by atoms with Gasteiger partial charge >= 0.3 is 0 Å². The topological polar surface area (TPSA) is 55.1 Å². The van der Waals surface area contributed by atoms with Crippen LogP contribution in [0.25, 0.3) is 0 Å². The van der Waals surface area contributed by atoms with E-state index in [1.165, 1.54) is 11.1 Å². The monoisotopic (exact) mass is 220 g/mol. The van der Waals surface area contributed by atoms with Gasteiger partial charge in [-0.15, -0.1) is 0 Å². The number of nitrogens with two attached hydrogens (primary N) is 1. The highest BCUT2D eigenvalue weighted by Crippen LogP contribution is 2.08. The number of carbonyl (C=O) groups excluding carboxylic acids is 1. The molecule has 1 rings (SSSR count). The smallest absolute Gasteiger partial charge is 0.234 e. The molecule has 0 aromatic heterocycles. The van der Waals surface area contributed by atoms with Crippen LogP contribution >= 0.6 is 0 Å². The zero-order valence-corrected chi connectivity index (χ0v) is 10.2. The molecule has 3 heteroatoms. The van der Waals surface area contributed by atoms with E-state index >= 15 is 0 Å². The van der Waals surface area contributed by atoms with Gasteiger partial charge in [-0.3, -0.25) is 4.79 Å². The Hall–Kier alpha value is -1.35. The van der Waals surface area contributed by atoms with E-state index < -0.39 is 0 Å². The van der Waals surface area contributed by atoms with E-state index in [2.05, 4.69) is 24.4 Å². The van der Waals surface area contributed by atoms with E-state index in [1.54, 1.807) is 0 Å². The molecule has 1 atom stereocenters. The van der Waals surface area contributed by atoms with Gasteiger partial charge in [-0.1, -0.05) is 38.1 Å². The Kier molecular flexibility index (Phi) is 4.50. The molecule has 88 valence electrons. The fourth-order valence-corrected chi connectivity index (χ4v) is 1.69. The average molecular weight is 220 g/mol. The Labute approximate surface area is 97.0 Å². The minimum atomic E-state index is -0.288. The first-order chi connectivity index (χ1) is 7.52. The van der Waals surface area contributed by atoms with E-state index in [0.29, 0.717) is 6.54 Å². The van der Waals surface area contributed by atoms with Crippen molar-refractivity contribution in [1.82, 2.24) is 5.32 Å². The molecule has 0 radical (unpaired) electrons. The van der Waals surface area contributed by atoms with Gasteiger partial charge in [-0.25, -0.2) is 0 Å². The Morgan fingerprint density at radius 2 is 2.00 bits per heavy atom. The molecule has 0 bridgehead atoms. The fourth-order valence-electron chi connectivity index (χ4n) is 1.69. The van der Waals surface area contributed by atoms with E-state index in [0.717, 1.165) is 0 Å². The van der Waals surface area contributed by atoms with E-state index in [-0.39, 0.29) is 17.9 Å². The summed E-state index contributed by atoms with van der Waals surface area (Å²) in [6.45, 7) is 6.71. The summed E-state index contributed by atoms with van der Waals surface area (Å²) in [5.41, 5.74) is 7.77. The van der Waals surface area contributed by atoms with Crippen LogP contribution in [0.2, 0.25) is 0 Å². The van der Waals surface area contributed by atoms with Crippen LogP contribution in [-0.4, -0.2) is 11.9 Å². The third-order valence-electron chi connectivity index (χ3n) is 2.75. The number of amides is 1. The standard InChI is InChI=1S/C13H20N2O/c1-9(2)12(13(14)16)15-8-11-7-5-4-6-10(11)3/h4-7,9,12,15H,8H2,1-3H3,(H2,14,16). The molecule has 1 amide bonds. The third kappa shape index (κ3) is 3.35. The van der Waals surface area contributed by atoms with Crippen LogP contribution in [0, 0.1) is 12.8 Å². The molecule has 0 aliphatic heterocycles. The molecule has 0 saturated heterocycles.